The molecule has 0 aliphatic carbocycles. The van der Waals surface area contributed by atoms with E-state index in [1.807, 2.05) is 24.3 Å². The van der Waals surface area contributed by atoms with Crippen LogP contribution in [-0.4, -0.2) is 56.5 Å². The van der Waals surface area contributed by atoms with Crippen LogP contribution in [0.2, 0.25) is 0 Å². The van der Waals surface area contributed by atoms with Crippen molar-refractivity contribution >= 4 is 32.7 Å². The van der Waals surface area contributed by atoms with Crippen molar-refractivity contribution in [2.45, 2.75) is 11.3 Å². The van der Waals surface area contributed by atoms with Crippen LogP contribution in [0.15, 0.2) is 53.4 Å². The lowest BCUT2D eigenvalue weighted by molar-refractivity contribution is 0.311. The molecule has 30 heavy (non-hydrogen) atoms. The molecule has 0 atom stereocenters. The van der Waals surface area contributed by atoms with Crippen LogP contribution in [0, 0.1) is 11.3 Å². The number of para-hydroxylation sites is 1. The Kier molecular flexibility index (Phi) is 5.53. The number of nitrogens with zero attached hydrogens (tertiary/aromatic N) is 5. The van der Waals surface area contributed by atoms with Crippen molar-refractivity contribution in [1.29, 1.82) is 5.26 Å². The van der Waals surface area contributed by atoms with Gasteiger partial charge in [0.05, 0.1) is 22.9 Å². The van der Waals surface area contributed by atoms with Gasteiger partial charge in [0.25, 0.3) is 10.0 Å². The summed E-state index contributed by atoms with van der Waals surface area (Å²) >= 11 is 0. The number of likely N-dealkylation sites (N-methyl/N-ethyl adjacent to an activating group) is 1. The van der Waals surface area contributed by atoms with Crippen molar-refractivity contribution < 1.29 is 8.42 Å². The Morgan fingerprint density at radius 3 is 2.50 bits per heavy atom. The van der Waals surface area contributed by atoms with E-state index >= 15 is 0 Å². The summed E-state index contributed by atoms with van der Waals surface area (Å²) in [6.07, 6.45) is 0.00809. The lowest BCUT2D eigenvalue weighted by Crippen LogP contribution is -2.45. The van der Waals surface area contributed by atoms with Crippen LogP contribution < -0.4 is 9.62 Å². The summed E-state index contributed by atoms with van der Waals surface area (Å²) in [4.78, 5) is 13.6. The molecule has 0 unspecified atom stereocenters. The van der Waals surface area contributed by atoms with Crippen molar-refractivity contribution in [3.05, 3.63) is 54.1 Å². The van der Waals surface area contributed by atoms with Gasteiger partial charge < -0.3 is 9.80 Å². The van der Waals surface area contributed by atoms with Crippen molar-refractivity contribution in [3.8, 4) is 6.07 Å². The smallest absolute Gasteiger partial charge is 0.263 e. The maximum Gasteiger partial charge on any atom is 0.263 e. The zero-order valence-electron chi connectivity index (χ0n) is 16.6. The molecule has 2 aromatic carbocycles. The Bertz CT molecular complexity index is 1210. The maximum absolute atomic E-state index is 13.2. The molecule has 1 N–H and O–H groups in total. The van der Waals surface area contributed by atoms with Crippen LogP contribution in [-0.2, 0) is 16.4 Å². The van der Waals surface area contributed by atoms with Crippen LogP contribution in [0.4, 0.5) is 11.8 Å². The average Bonchev–Trinajstić information content (AvgIpc) is 2.74. The summed E-state index contributed by atoms with van der Waals surface area (Å²) in [6.45, 7) is 3.32. The van der Waals surface area contributed by atoms with Crippen molar-refractivity contribution in [3.63, 3.8) is 0 Å². The minimum absolute atomic E-state index is 0.00809. The highest BCUT2D eigenvalue weighted by Gasteiger charge is 2.23. The second-order valence-corrected chi connectivity index (χ2v) is 8.88. The minimum Gasteiger partial charge on any atom is -0.338 e. The standard InChI is InChI=1S/C21H22N6O2S/c1-26-12-14-27(15-13-26)21-23-18-8-4-3-7-17(18)20(24-21)25-30(28,29)19-9-5-2-6-16(19)10-11-22/h2-9H,10,12-15H2,1H3,(H,23,24,25). The SMILES string of the molecule is CN1CCN(c2nc(NS(=O)(=O)c3ccccc3CC#N)c3ccccc3n2)CC1. The van der Waals surface area contributed by atoms with Gasteiger partial charge in [0.15, 0.2) is 5.82 Å². The number of sulfonamides is 1. The highest BCUT2D eigenvalue weighted by molar-refractivity contribution is 7.92. The lowest BCUT2D eigenvalue weighted by atomic mass is 10.2. The molecule has 1 aromatic heterocycles. The molecular formula is C21H22N6O2S. The summed E-state index contributed by atoms with van der Waals surface area (Å²) in [6, 6.07) is 15.8. The number of piperazine rings is 1. The topological polar surface area (TPSA) is 102 Å². The summed E-state index contributed by atoms with van der Waals surface area (Å²) in [7, 11) is -1.87. The van der Waals surface area contributed by atoms with Gasteiger partial charge in [0, 0.05) is 31.6 Å². The van der Waals surface area contributed by atoms with E-state index in [9.17, 15) is 8.42 Å². The van der Waals surface area contributed by atoms with Gasteiger partial charge >= 0.3 is 0 Å². The molecule has 4 rings (SSSR count). The van der Waals surface area contributed by atoms with Gasteiger partial charge in [0.2, 0.25) is 5.95 Å². The van der Waals surface area contributed by atoms with Crippen molar-refractivity contribution in [2.24, 2.45) is 0 Å². The van der Waals surface area contributed by atoms with Crippen LogP contribution in [0.3, 0.4) is 0 Å². The zero-order valence-corrected chi connectivity index (χ0v) is 17.4. The molecular weight excluding hydrogens is 400 g/mol. The van der Waals surface area contributed by atoms with Crippen LogP contribution in [0.1, 0.15) is 5.56 Å². The first kappa shape index (κ1) is 20.1. The zero-order chi connectivity index (χ0) is 21.1. The normalized spacial score (nSPS) is 15.1. The van der Waals surface area contributed by atoms with Gasteiger partial charge in [-0.1, -0.05) is 30.3 Å². The Labute approximate surface area is 175 Å². The molecule has 9 heteroatoms. The number of fused-ring (bicyclic) bond motifs is 1. The average molecular weight is 423 g/mol. The fourth-order valence-corrected chi connectivity index (χ4v) is 4.73. The highest BCUT2D eigenvalue weighted by atomic mass is 32.2. The fraction of sp³-hybridized carbons (Fsp3) is 0.286. The third-order valence-electron chi connectivity index (χ3n) is 5.14. The van der Waals surface area contributed by atoms with E-state index in [1.165, 1.54) is 6.07 Å². The fourth-order valence-electron chi connectivity index (χ4n) is 3.47. The van der Waals surface area contributed by atoms with Crippen LogP contribution in [0.5, 0.6) is 0 Å². The van der Waals surface area contributed by atoms with Gasteiger partial charge in [-0.05, 0) is 30.8 Å². The largest absolute Gasteiger partial charge is 0.338 e. The number of nitriles is 1. The number of aromatic nitrogens is 2. The molecule has 2 heterocycles. The second-order valence-electron chi connectivity index (χ2n) is 7.23. The number of nitrogens with one attached hydrogen (secondary N) is 1. The Hall–Kier alpha value is -3.22. The van der Waals surface area contributed by atoms with E-state index in [1.54, 1.807) is 24.3 Å². The van der Waals surface area contributed by atoms with Crippen LogP contribution >= 0.6 is 0 Å². The number of rotatable bonds is 5. The second kappa shape index (κ2) is 8.26. The number of hydrogen-bond acceptors (Lipinski definition) is 7. The number of benzene rings is 2. The van der Waals surface area contributed by atoms with E-state index in [4.69, 9.17) is 5.26 Å². The predicted molar refractivity (Wildman–Crippen MR) is 116 cm³/mol. The Morgan fingerprint density at radius 1 is 1.03 bits per heavy atom. The van der Waals surface area contributed by atoms with E-state index in [0.29, 0.717) is 22.4 Å². The highest BCUT2D eigenvalue weighted by Crippen LogP contribution is 2.27. The van der Waals surface area contributed by atoms with Gasteiger partial charge in [-0.25, -0.2) is 13.4 Å². The summed E-state index contributed by atoms with van der Waals surface area (Å²) in [5, 5.41) is 9.67. The molecule has 1 saturated heterocycles. The first-order chi connectivity index (χ1) is 14.5. The van der Waals surface area contributed by atoms with E-state index in [0.717, 1.165) is 26.2 Å². The summed E-state index contributed by atoms with van der Waals surface area (Å²) in [5.41, 5.74) is 1.12. The molecule has 8 nitrogen and oxygen atoms in total. The molecule has 0 spiro atoms. The predicted octanol–water partition coefficient (Wildman–Crippen LogP) is 2.25. The molecule has 3 aromatic rings. The monoisotopic (exact) mass is 422 g/mol. The van der Waals surface area contributed by atoms with Gasteiger partial charge in [-0.2, -0.15) is 10.2 Å². The molecule has 1 aliphatic rings. The van der Waals surface area contributed by atoms with Gasteiger partial charge in [-0.15, -0.1) is 0 Å². The third-order valence-corrected chi connectivity index (χ3v) is 6.58. The van der Waals surface area contributed by atoms with Crippen LogP contribution in [0.25, 0.3) is 10.9 Å². The molecule has 0 radical (unpaired) electrons. The first-order valence-electron chi connectivity index (χ1n) is 9.66. The lowest BCUT2D eigenvalue weighted by Gasteiger charge is -2.32. The molecule has 0 amide bonds. The number of hydrogen-bond donors (Lipinski definition) is 1. The summed E-state index contributed by atoms with van der Waals surface area (Å²) in [5.74, 6) is 0.742. The maximum atomic E-state index is 13.2. The number of anilines is 2. The Balaban J connectivity index is 1.76. The molecule has 1 fully saturated rings. The third kappa shape index (κ3) is 4.06. The molecule has 0 saturated carbocycles. The van der Waals surface area contributed by atoms with E-state index in [-0.39, 0.29) is 17.1 Å². The summed E-state index contributed by atoms with van der Waals surface area (Å²) < 4.78 is 29.0. The molecule has 1 aliphatic heterocycles. The van der Waals surface area contributed by atoms with E-state index in [2.05, 4.69) is 31.5 Å². The molecule has 154 valence electrons. The van der Waals surface area contributed by atoms with E-state index < -0.39 is 10.0 Å². The van der Waals surface area contributed by atoms with Crippen molar-refractivity contribution in [1.82, 2.24) is 14.9 Å². The van der Waals surface area contributed by atoms with Gasteiger partial charge in [-0.3, -0.25) is 4.72 Å². The first-order valence-corrected chi connectivity index (χ1v) is 11.1. The van der Waals surface area contributed by atoms with Crippen molar-refractivity contribution in [2.75, 3.05) is 42.8 Å². The Morgan fingerprint density at radius 2 is 1.73 bits per heavy atom. The quantitative estimate of drug-likeness (QED) is 0.673. The minimum atomic E-state index is -3.93. The van der Waals surface area contributed by atoms with Gasteiger partial charge in [0.1, 0.15) is 0 Å². The molecule has 0 bridgehead atoms.